The summed E-state index contributed by atoms with van der Waals surface area (Å²) in [5.41, 5.74) is 6.22. The molecule has 0 heterocycles. The maximum absolute atomic E-state index is 14.7. The van der Waals surface area contributed by atoms with Gasteiger partial charge in [0.05, 0.1) is 23.7 Å². The first-order valence-corrected chi connectivity index (χ1v) is 36.6. The van der Waals surface area contributed by atoms with Crippen LogP contribution in [0.4, 0.5) is 16.2 Å². The van der Waals surface area contributed by atoms with Gasteiger partial charge in [0.25, 0.3) is 5.69 Å². The summed E-state index contributed by atoms with van der Waals surface area (Å²) in [5, 5.41) is 26.8. The molecular formula is C83H104N6O11. The van der Waals surface area contributed by atoms with E-state index in [1.165, 1.54) is 82.1 Å². The first-order chi connectivity index (χ1) is 48.3. The number of unbranched alkanes of at least 4 members (excludes halogenated alkanes) is 1. The van der Waals surface area contributed by atoms with Crippen molar-refractivity contribution in [1.29, 1.82) is 0 Å². The summed E-state index contributed by atoms with van der Waals surface area (Å²) in [4.78, 5) is 79.5. The SMILES string of the molecule is COc1ccc(C(NCCCC[C@@H](NC(=O)[C@@H](Cc2ccccc2)NC(=O)CCC(=O)NCCCO[C@H]2CC[C@@]3(C)C(=CCC4[C@@H]5CC[C@H]([C@H](C)CCCC(C)C)[C@@]5(C)CC[C@@H]43)C2)C(=O)Nc2ccc(COC(=O)Oc3ccc([N+](=O)[O-])cc3)cc2)(c2ccccc2)c2ccccc2)cc1. The Labute approximate surface area is 591 Å². The second-order valence-corrected chi connectivity index (χ2v) is 29.3. The average Bonchev–Trinajstić information content (AvgIpc) is 1.40. The van der Waals surface area contributed by atoms with Crippen molar-refractivity contribution in [2.75, 3.05) is 32.1 Å². The molecule has 0 spiro atoms. The van der Waals surface area contributed by atoms with Gasteiger partial charge in [0.15, 0.2) is 0 Å². The number of benzene rings is 6. The van der Waals surface area contributed by atoms with Gasteiger partial charge in [-0.05, 0) is 194 Å². The van der Waals surface area contributed by atoms with Crippen LogP contribution < -0.4 is 36.1 Å². The average molecular weight is 1360 g/mol. The Morgan fingerprint density at radius 1 is 0.630 bits per heavy atom. The van der Waals surface area contributed by atoms with Crippen molar-refractivity contribution in [1.82, 2.24) is 21.3 Å². The molecule has 0 aromatic heterocycles. The van der Waals surface area contributed by atoms with Gasteiger partial charge in [-0.25, -0.2) is 4.79 Å². The molecule has 10 rings (SSSR count). The van der Waals surface area contributed by atoms with Crippen molar-refractivity contribution in [2.45, 2.75) is 181 Å². The van der Waals surface area contributed by atoms with Crippen molar-refractivity contribution in [3.05, 3.63) is 213 Å². The first kappa shape index (κ1) is 74.0. The highest BCUT2D eigenvalue weighted by Crippen LogP contribution is 2.67. The smallest absolute Gasteiger partial charge is 0.497 e. The van der Waals surface area contributed by atoms with Crippen LogP contribution in [0.3, 0.4) is 0 Å². The van der Waals surface area contributed by atoms with E-state index >= 15 is 0 Å². The molecular weight excluding hydrogens is 1260 g/mol. The van der Waals surface area contributed by atoms with Crippen LogP contribution in [0.1, 0.15) is 172 Å². The molecule has 532 valence electrons. The van der Waals surface area contributed by atoms with Crippen LogP contribution in [0.2, 0.25) is 0 Å². The van der Waals surface area contributed by atoms with Crippen molar-refractivity contribution in [2.24, 2.45) is 46.3 Å². The number of anilines is 1. The topological polar surface area (TPSA) is 226 Å². The highest BCUT2D eigenvalue weighted by Gasteiger charge is 2.59. The molecule has 1 unspecified atom stereocenters. The quantitative estimate of drug-likeness (QED) is 0.00484. The van der Waals surface area contributed by atoms with Crippen molar-refractivity contribution < 1.29 is 47.8 Å². The maximum atomic E-state index is 14.7. The zero-order valence-electron chi connectivity index (χ0n) is 59.4. The molecule has 10 atom stereocenters. The summed E-state index contributed by atoms with van der Waals surface area (Å²) in [6, 6.07) is 47.3. The third kappa shape index (κ3) is 18.8. The molecule has 0 aliphatic heterocycles. The van der Waals surface area contributed by atoms with Gasteiger partial charge in [-0.15, -0.1) is 0 Å². The zero-order chi connectivity index (χ0) is 70.7. The summed E-state index contributed by atoms with van der Waals surface area (Å²) in [6.07, 6.45) is 17.6. The van der Waals surface area contributed by atoms with Gasteiger partial charge >= 0.3 is 6.16 Å². The Balaban J connectivity index is 0.735. The largest absolute Gasteiger partial charge is 0.514 e. The van der Waals surface area contributed by atoms with E-state index in [4.69, 9.17) is 18.9 Å². The summed E-state index contributed by atoms with van der Waals surface area (Å²) >= 11 is 0. The minimum atomic E-state index is -1.10. The van der Waals surface area contributed by atoms with Crippen LogP contribution in [0.25, 0.3) is 0 Å². The number of fused-ring (bicyclic) bond motifs is 5. The van der Waals surface area contributed by atoms with E-state index in [1.807, 2.05) is 78.9 Å². The number of nitro benzene ring substituents is 1. The molecule has 3 saturated carbocycles. The second-order valence-electron chi connectivity index (χ2n) is 29.3. The minimum absolute atomic E-state index is 0.0737. The van der Waals surface area contributed by atoms with E-state index in [0.717, 1.165) is 76.4 Å². The fourth-order valence-corrected chi connectivity index (χ4v) is 17.1. The number of allylic oxidation sites excluding steroid dienone is 1. The van der Waals surface area contributed by atoms with E-state index in [-0.39, 0.29) is 61.2 Å². The van der Waals surface area contributed by atoms with Crippen LogP contribution in [-0.2, 0) is 47.2 Å². The lowest BCUT2D eigenvalue weighted by Crippen LogP contribution is -2.53. The van der Waals surface area contributed by atoms with Crippen LogP contribution in [0.5, 0.6) is 11.5 Å². The zero-order valence-corrected chi connectivity index (χ0v) is 59.4. The van der Waals surface area contributed by atoms with E-state index in [0.29, 0.717) is 55.6 Å². The van der Waals surface area contributed by atoms with Gasteiger partial charge in [-0.2, -0.15) is 0 Å². The van der Waals surface area contributed by atoms with Gasteiger partial charge in [0.1, 0.15) is 30.2 Å². The number of rotatable bonds is 34. The molecule has 4 amide bonds. The number of non-ortho nitro benzene ring substituents is 1. The highest BCUT2D eigenvalue weighted by molar-refractivity contribution is 5.98. The number of carbonyl (C=O) groups is 5. The molecule has 6 aromatic carbocycles. The van der Waals surface area contributed by atoms with E-state index in [2.05, 4.69) is 104 Å². The molecule has 0 saturated heterocycles. The van der Waals surface area contributed by atoms with Crippen molar-refractivity contribution in [3.8, 4) is 11.5 Å². The summed E-state index contributed by atoms with van der Waals surface area (Å²) in [6.45, 7) is 13.8. The Morgan fingerprint density at radius 2 is 1.29 bits per heavy atom. The molecule has 100 heavy (non-hydrogen) atoms. The van der Waals surface area contributed by atoms with E-state index in [9.17, 15) is 34.1 Å². The molecule has 0 radical (unpaired) electrons. The lowest BCUT2D eigenvalue weighted by Gasteiger charge is -2.58. The van der Waals surface area contributed by atoms with Gasteiger partial charge < -0.3 is 40.2 Å². The van der Waals surface area contributed by atoms with E-state index in [1.54, 1.807) is 36.9 Å². The molecule has 5 N–H and O–H groups in total. The minimum Gasteiger partial charge on any atom is -0.497 e. The summed E-state index contributed by atoms with van der Waals surface area (Å²) in [5.74, 6) is 3.81. The van der Waals surface area contributed by atoms with E-state index < -0.39 is 46.4 Å². The maximum Gasteiger partial charge on any atom is 0.514 e. The molecule has 4 aliphatic carbocycles. The standard InChI is InChI=1S/C83H104N6O11/c1-57(2)20-18-21-58(3)71-43-44-72-70-42-33-64-55-69(47-49-81(64,4)73(70)48-50-82(71,72)5)98-53-19-51-84-76(90)45-46-77(91)87-75(54-59-22-10-7-11-23-59)79(93)88-74(78(92)86-65-34-29-60(30-35-65)56-99-80(94)100-68-40-36-66(37-41-68)89(95)96)28-16-17-52-85-83(61-24-12-8-13-25-61,62-26-14-9-15-27-62)63-31-38-67(97-6)39-32-63/h7-15,22-27,29-41,57-58,69-75,85H,16-21,28,42-56H2,1-6H3,(H,84,90)(H,86,92)(H,87,91)(H,88,93)/t58-,69+,70?,71-,72+,73+,74-,75-,81+,82-/m1/s1. The monoisotopic (exact) mass is 1360 g/mol. The molecule has 4 aliphatic rings. The number of nitro groups is 1. The highest BCUT2D eigenvalue weighted by atomic mass is 16.7. The molecule has 17 nitrogen and oxygen atoms in total. The first-order valence-electron chi connectivity index (χ1n) is 36.6. The van der Waals surface area contributed by atoms with Gasteiger partial charge in [-0.3, -0.25) is 34.6 Å². The Kier molecular flexibility index (Phi) is 26.0. The Morgan fingerprint density at radius 3 is 1.96 bits per heavy atom. The number of nitrogens with one attached hydrogen (secondary N) is 5. The summed E-state index contributed by atoms with van der Waals surface area (Å²) < 4.78 is 22.6. The predicted molar refractivity (Wildman–Crippen MR) is 390 cm³/mol. The van der Waals surface area contributed by atoms with Gasteiger partial charge in [0, 0.05) is 50.2 Å². The molecule has 0 bridgehead atoms. The predicted octanol–water partition coefficient (Wildman–Crippen LogP) is 15.9. The number of hydrogen-bond acceptors (Lipinski definition) is 12. The number of nitrogens with zero attached hydrogens (tertiary/aromatic N) is 1. The number of amides is 4. The molecule has 6 aromatic rings. The van der Waals surface area contributed by atoms with Crippen LogP contribution in [0.15, 0.2) is 175 Å². The van der Waals surface area contributed by atoms with Crippen LogP contribution >= 0.6 is 0 Å². The molecule has 17 heteroatoms. The van der Waals surface area contributed by atoms with Crippen LogP contribution in [-0.4, -0.2) is 79.7 Å². The lowest BCUT2D eigenvalue weighted by molar-refractivity contribution is -0.384. The fourth-order valence-electron chi connectivity index (χ4n) is 17.1. The number of methoxy groups -OCH3 is 1. The van der Waals surface area contributed by atoms with Crippen LogP contribution in [0, 0.1) is 56.5 Å². The number of hydrogen-bond donors (Lipinski definition) is 5. The second kappa shape index (κ2) is 35.1. The third-order valence-corrected chi connectivity index (χ3v) is 22.5. The fraction of sp³-hybridized carbons (Fsp3) is 0.482. The van der Waals surface area contributed by atoms with Gasteiger partial charge in [-0.1, -0.05) is 181 Å². The third-order valence-electron chi connectivity index (χ3n) is 22.5. The lowest BCUT2D eigenvalue weighted by atomic mass is 9.47. The molecule has 3 fully saturated rings. The van der Waals surface area contributed by atoms with Crippen molar-refractivity contribution in [3.63, 3.8) is 0 Å². The van der Waals surface area contributed by atoms with Crippen molar-refractivity contribution >= 4 is 41.2 Å². The Bertz CT molecular complexity index is 3650. The number of carbonyl (C=O) groups excluding carboxylic acids is 5. The normalized spacial score (nSPS) is 21.7. The Hall–Kier alpha value is -8.67. The summed E-state index contributed by atoms with van der Waals surface area (Å²) in [7, 11) is 1.64. The number of ether oxygens (including phenoxy) is 4. The van der Waals surface area contributed by atoms with Gasteiger partial charge in [0.2, 0.25) is 23.6 Å².